The van der Waals surface area contributed by atoms with Crippen molar-refractivity contribution in [3.8, 4) is 11.1 Å². The predicted octanol–water partition coefficient (Wildman–Crippen LogP) is 5.26. The van der Waals surface area contributed by atoms with Crippen LogP contribution >= 0.6 is 0 Å². The number of aryl methyl sites for hydroxylation is 1. The molecule has 2 saturated heterocycles. The summed E-state index contributed by atoms with van der Waals surface area (Å²) in [4.78, 5) is 22.2. The quantitative estimate of drug-likeness (QED) is 0.480. The molecule has 3 N–H and O–H groups in total. The summed E-state index contributed by atoms with van der Waals surface area (Å²) in [6.07, 6.45) is 5.61. The maximum atomic E-state index is 12.9. The second-order valence-corrected chi connectivity index (χ2v) is 11.6. The van der Waals surface area contributed by atoms with Crippen molar-refractivity contribution in [1.29, 1.82) is 0 Å². The summed E-state index contributed by atoms with van der Waals surface area (Å²) >= 11 is 0. The number of hydrogen-bond donors (Lipinski definition) is 3. The van der Waals surface area contributed by atoms with Crippen molar-refractivity contribution in [2.24, 2.45) is 5.92 Å². The monoisotopic (exact) mass is 521 g/mol. The molecule has 38 heavy (non-hydrogen) atoms. The van der Waals surface area contributed by atoms with Gasteiger partial charge in [-0.3, -0.25) is 0 Å². The molecule has 2 aromatic rings. The molecule has 3 fully saturated rings. The van der Waals surface area contributed by atoms with Crippen molar-refractivity contribution >= 4 is 23.4 Å². The van der Waals surface area contributed by atoms with E-state index in [1.165, 1.54) is 0 Å². The van der Waals surface area contributed by atoms with Crippen molar-refractivity contribution in [3.63, 3.8) is 0 Å². The molecule has 1 atom stereocenters. The predicted molar refractivity (Wildman–Crippen MR) is 153 cm³/mol. The molecule has 8 heteroatoms. The van der Waals surface area contributed by atoms with E-state index >= 15 is 0 Å². The number of amides is 2. The summed E-state index contributed by atoms with van der Waals surface area (Å²) in [6.45, 7) is 10.9. The van der Waals surface area contributed by atoms with Gasteiger partial charge in [0.2, 0.25) is 0 Å². The highest BCUT2D eigenvalue weighted by atomic mass is 16.5. The van der Waals surface area contributed by atoms with Gasteiger partial charge >= 0.3 is 6.03 Å². The van der Waals surface area contributed by atoms with Crippen molar-refractivity contribution < 1.29 is 14.6 Å². The first-order valence-corrected chi connectivity index (χ1v) is 14.3. The standard InChI is InChI=1S/C30H43N5O3/c1-4-22-9-12-35(20-22)29(36)32-25-6-5-21(2)26(19-25)23-17-27(31-24-7-10-30(3,37)11-8-24)33-28(18-23)34-13-15-38-16-14-34/h5-6,17-19,22,24,37H,4,7-16,20H2,1-3H3,(H,31,33)(H,32,36). The molecule has 1 aliphatic carbocycles. The van der Waals surface area contributed by atoms with Crippen LogP contribution in [0.5, 0.6) is 0 Å². The zero-order valence-electron chi connectivity index (χ0n) is 23.1. The maximum Gasteiger partial charge on any atom is 0.321 e. The average Bonchev–Trinajstić information content (AvgIpc) is 3.41. The molecule has 5 rings (SSSR count). The summed E-state index contributed by atoms with van der Waals surface area (Å²) in [5, 5.41) is 17.2. The van der Waals surface area contributed by atoms with E-state index in [2.05, 4.69) is 53.6 Å². The minimum absolute atomic E-state index is 0.0185. The molecule has 3 heterocycles. The third-order valence-corrected chi connectivity index (χ3v) is 8.51. The van der Waals surface area contributed by atoms with Crippen LogP contribution in [-0.4, -0.2) is 72.1 Å². The van der Waals surface area contributed by atoms with Crippen LogP contribution in [0.15, 0.2) is 30.3 Å². The normalized spacial score (nSPS) is 25.9. The number of aromatic nitrogens is 1. The highest BCUT2D eigenvalue weighted by Crippen LogP contribution is 2.34. The number of anilines is 3. The second kappa shape index (κ2) is 11.5. The maximum absolute atomic E-state index is 12.9. The molecule has 1 aromatic heterocycles. The number of rotatable bonds is 6. The van der Waals surface area contributed by atoms with Crippen molar-refractivity contribution in [2.75, 3.05) is 54.9 Å². The lowest BCUT2D eigenvalue weighted by Crippen LogP contribution is -2.37. The molecule has 0 bridgehead atoms. The van der Waals surface area contributed by atoms with E-state index in [1.54, 1.807) is 0 Å². The first-order valence-electron chi connectivity index (χ1n) is 14.3. The third kappa shape index (κ3) is 6.41. The van der Waals surface area contributed by atoms with Crippen LogP contribution < -0.4 is 15.5 Å². The topological polar surface area (TPSA) is 90.0 Å². The Bertz CT molecular complexity index is 1120. The highest BCUT2D eigenvalue weighted by molar-refractivity contribution is 5.91. The van der Waals surface area contributed by atoms with Crippen LogP contribution in [0.4, 0.5) is 22.1 Å². The number of morpholine rings is 1. The summed E-state index contributed by atoms with van der Waals surface area (Å²) in [6, 6.07) is 10.7. The summed E-state index contributed by atoms with van der Waals surface area (Å²) in [5.74, 6) is 2.39. The van der Waals surface area contributed by atoms with E-state index < -0.39 is 5.60 Å². The van der Waals surface area contributed by atoms with Crippen molar-refractivity contribution in [2.45, 2.75) is 70.9 Å². The van der Waals surface area contributed by atoms with Crippen LogP contribution in [0, 0.1) is 12.8 Å². The van der Waals surface area contributed by atoms with Crippen LogP contribution in [0.2, 0.25) is 0 Å². The molecule has 8 nitrogen and oxygen atoms in total. The highest BCUT2D eigenvalue weighted by Gasteiger charge is 2.29. The van der Waals surface area contributed by atoms with E-state index in [0.29, 0.717) is 19.1 Å². The lowest BCUT2D eigenvalue weighted by atomic mass is 9.83. The van der Waals surface area contributed by atoms with Gasteiger partial charge in [0.1, 0.15) is 11.6 Å². The molecule has 2 amide bonds. The fraction of sp³-hybridized carbons (Fsp3) is 0.600. The molecule has 2 aliphatic heterocycles. The number of nitrogens with zero attached hydrogens (tertiary/aromatic N) is 3. The minimum atomic E-state index is -0.569. The third-order valence-electron chi connectivity index (χ3n) is 8.51. The Labute approximate surface area is 226 Å². The molecule has 3 aliphatic rings. The Balaban J connectivity index is 1.40. The Hall–Kier alpha value is -2.84. The minimum Gasteiger partial charge on any atom is -0.390 e. The zero-order valence-corrected chi connectivity index (χ0v) is 23.1. The second-order valence-electron chi connectivity index (χ2n) is 11.6. The van der Waals surface area contributed by atoms with Gasteiger partial charge in [-0.25, -0.2) is 9.78 Å². The molecule has 0 spiro atoms. The van der Waals surface area contributed by atoms with Gasteiger partial charge in [-0.05, 0) is 92.8 Å². The Morgan fingerprint density at radius 1 is 1.13 bits per heavy atom. The zero-order chi connectivity index (χ0) is 26.7. The molecular weight excluding hydrogens is 478 g/mol. The summed E-state index contributed by atoms with van der Waals surface area (Å²) < 4.78 is 5.58. The number of benzene rings is 1. The number of hydrogen-bond acceptors (Lipinski definition) is 6. The first-order chi connectivity index (χ1) is 18.3. The van der Waals surface area contributed by atoms with Gasteiger partial charge in [0.15, 0.2) is 0 Å². The number of ether oxygens (including phenoxy) is 1. The number of carbonyl (C=O) groups is 1. The summed E-state index contributed by atoms with van der Waals surface area (Å²) in [7, 11) is 0. The van der Waals surface area contributed by atoms with Crippen LogP contribution in [-0.2, 0) is 4.74 Å². The van der Waals surface area contributed by atoms with Crippen molar-refractivity contribution in [3.05, 3.63) is 35.9 Å². The van der Waals surface area contributed by atoms with Gasteiger partial charge in [0.25, 0.3) is 0 Å². The number of aliphatic hydroxyl groups is 1. The van der Waals surface area contributed by atoms with E-state index in [1.807, 2.05) is 17.9 Å². The van der Waals surface area contributed by atoms with Gasteiger partial charge in [0, 0.05) is 37.9 Å². The fourth-order valence-electron chi connectivity index (χ4n) is 5.86. The van der Waals surface area contributed by atoms with Crippen LogP contribution in [0.3, 0.4) is 0 Å². The van der Waals surface area contributed by atoms with Crippen LogP contribution in [0.1, 0.15) is 57.9 Å². The molecule has 0 radical (unpaired) electrons. The Morgan fingerprint density at radius 3 is 2.61 bits per heavy atom. The van der Waals surface area contributed by atoms with E-state index in [4.69, 9.17) is 9.72 Å². The largest absolute Gasteiger partial charge is 0.390 e. The van der Waals surface area contributed by atoms with E-state index in [0.717, 1.165) is 98.7 Å². The van der Waals surface area contributed by atoms with Gasteiger partial charge in [0.05, 0.1) is 18.8 Å². The molecule has 1 unspecified atom stereocenters. The smallest absolute Gasteiger partial charge is 0.321 e. The van der Waals surface area contributed by atoms with Crippen molar-refractivity contribution in [1.82, 2.24) is 9.88 Å². The average molecular weight is 522 g/mol. The van der Waals surface area contributed by atoms with Gasteiger partial charge in [-0.15, -0.1) is 0 Å². The fourth-order valence-corrected chi connectivity index (χ4v) is 5.86. The number of carbonyl (C=O) groups excluding carboxylic acids is 1. The Kier molecular flexibility index (Phi) is 8.09. The lowest BCUT2D eigenvalue weighted by Gasteiger charge is -2.34. The van der Waals surface area contributed by atoms with Crippen LogP contribution in [0.25, 0.3) is 11.1 Å². The van der Waals surface area contributed by atoms with E-state index in [-0.39, 0.29) is 12.1 Å². The van der Waals surface area contributed by atoms with E-state index in [9.17, 15) is 9.90 Å². The Morgan fingerprint density at radius 2 is 1.89 bits per heavy atom. The van der Waals surface area contributed by atoms with Gasteiger partial charge in [-0.1, -0.05) is 19.4 Å². The number of urea groups is 1. The van der Waals surface area contributed by atoms with Gasteiger partial charge < -0.3 is 30.3 Å². The number of likely N-dealkylation sites (tertiary alicyclic amines) is 1. The molecule has 206 valence electrons. The lowest BCUT2D eigenvalue weighted by molar-refractivity contribution is 0.0196. The SMILES string of the molecule is CCC1CCN(C(=O)Nc2ccc(C)c(-c3cc(NC4CCC(C)(O)CC4)nc(N4CCOCC4)c3)c2)C1. The first kappa shape index (κ1) is 26.8. The number of pyridine rings is 1. The molecule has 1 saturated carbocycles. The molecule has 1 aromatic carbocycles. The number of nitrogens with one attached hydrogen (secondary N) is 2. The van der Waals surface area contributed by atoms with Gasteiger partial charge in [-0.2, -0.15) is 0 Å². The summed E-state index contributed by atoms with van der Waals surface area (Å²) in [5.41, 5.74) is 3.55. The molecular formula is C30H43N5O3.